The van der Waals surface area contributed by atoms with Crippen molar-refractivity contribution in [3.8, 4) is 6.07 Å². The molecule has 0 aliphatic carbocycles. The van der Waals surface area contributed by atoms with Gasteiger partial charge >= 0.3 is 5.97 Å². The Labute approximate surface area is 153 Å². The van der Waals surface area contributed by atoms with Gasteiger partial charge in [0.2, 0.25) is 0 Å². The van der Waals surface area contributed by atoms with E-state index in [-0.39, 0.29) is 5.75 Å². The minimum absolute atomic E-state index is 0.0492. The van der Waals surface area contributed by atoms with Crippen molar-refractivity contribution in [1.29, 1.82) is 5.26 Å². The topological polar surface area (TPSA) is 87.9 Å². The first-order valence-electron chi connectivity index (χ1n) is 7.53. The number of benzene rings is 2. The van der Waals surface area contributed by atoms with Crippen LogP contribution in [0.15, 0.2) is 47.6 Å². The monoisotopic (exact) mass is 368 g/mol. The summed E-state index contributed by atoms with van der Waals surface area (Å²) in [5, 5.41) is 13.0. The van der Waals surface area contributed by atoms with Crippen LogP contribution < -0.4 is 5.32 Å². The lowest BCUT2D eigenvalue weighted by Crippen LogP contribution is -2.05. The van der Waals surface area contributed by atoms with Gasteiger partial charge in [0.1, 0.15) is 11.6 Å². The SMILES string of the molecule is COC(=O)CSc1nc(Nc2ccc(C#N)cc2)c2ccc(F)cc2n1. The van der Waals surface area contributed by atoms with E-state index in [2.05, 4.69) is 26.1 Å². The Morgan fingerprint density at radius 2 is 2.04 bits per heavy atom. The van der Waals surface area contributed by atoms with E-state index in [1.807, 2.05) is 0 Å². The van der Waals surface area contributed by atoms with Crippen LogP contribution in [0.3, 0.4) is 0 Å². The number of hydrogen-bond acceptors (Lipinski definition) is 7. The Hall–Kier alpha value is -3.18. The number of thioether (sulfide) groups is 1. The largest absolute Gasteiger partial charge is 0.468 e. The predicted octanol–water partition coefficient (Wildman–Crippen LogP) is 3.65. The second kappa shape index (κ2) is 7.80. The third-order valence-corrected chi connectivity index (χ3v) is 4.28. The standard InChI is InChI=1S/C18H13FN4O2S/c1-25-16(24)10-26-18-22-15-8-12(19)4-7-14(15)17(23-18)21-13-5-2-11(9-20)3-6-13/h2-8H,10H2,1H3,(H,21,22,23). The van der Waals surface area contributed by atoms with Crippen LogP contribution in [-0.2, 0) is 9.53 Å². The van der Waals surface area contributed by atoms with E-state index in [1.54, 1.807) is 30.3 Å². The fourth-order valence-corrected chi connectivity index (χ4v) is 2.87. The number of carbonyl (C=O) groups is 1. The highest BCUT2D eigenvalue weighted by Crippen LogP contribution is 2.27. The van der Waals surface area contributed by atoms with Gasteiger partial charge in [0.05, 0.1) is 30.0 Å². The minimum atomic E-state index is -0.413. The molecule has 1 heterocycles. The highest BCUT2D eigenvalue weighted by molar-refractivity contribution is 7.99. The summed E-state index contributed by atoms with van der Waals surface area (Å²) in [5.41, 5.74) is 1.68. The van der Waals surface area contributed by atoms with E-state index in [0.29, 0.717) is 27.4 Å². The van der Waals surface area contributed by atoms with Crippen LogP contribution in [0, 0.1) is 17.1 Å². The molecule has 2 aromatic carbocycles. The minimum Gasteiger partial charge on any atom is -0.468 e. The molecule has 130 valence electrons. The first-order chi connectivity index (χ1) is 12.6. The normalized spacial score (nSPS) is 10.3. The number of fused-ring (bicyclic) bond motifs is 1. The van der Waals surface area contributed by atoms with Gasteiger partial charge in [0, 0.05) is 17.1 Å². The van der Waals surface area contributed by atoms with E-state index in [0.717, 1.165) is 17.4 Å². The first kappa shape index (κ1) is 17.6. The molecule has 6 nitrogen and oxygen atoms in total. The number of hydrogen-bond donors (Lipinski definition) is 1. The Morgan fingerprint density at radius 3 is 2.73 bits per heavy atom. The molecule has 1 aromatic heterocycles. The maximum absolute atomic E-state index is 13.6. The fraction of sp³-hybridized carbons (Fsp3) is 0.111. The second-order valence-corrected chi connectivity index (χ2v) is 6.14. The van der Waals surface area contributed by atoms with E-state index in [9.17, 15) is 9.18 Å². The summed E-state index contributed by atoms with van der Waals surface area (Å²) < 4.78 is 18.2. The molecule has 0 spiro atoms. The summed E-state index contributed by atoms with van der Waals surface area (Å²) >= 11 is 1.10. The molecule has 3 rings (SSSR count). The van der Waals surface area contributed by atoms with Crippen LogP contribution in [0.5, 0.6) is 0 Å². The number of rotatable bonds is 5. The molecule has 0 bridgehead atoms. The molecular formula is C18H13FN4O2S. The Morgan fingerprint density at radius 1 is 1.27 bits per heavy atom. The summed E-state index contributed by atoms with van der Waals surface area (Å²) in [6.07, 6.45) is 0. The van der Waals surface area contributed by atoms with Crippen LogP contribution in [0.4, 0.5) is 15.9 Å². The van der Waals surface area contributed by atoms with E-state index < -0.39 is 11.8 Å². The molecule has 0 aliphatic heterocycles. The first-order valence-corrected chi connectivity index (χ1v) is 8.51. The third-order valence-electron chi connectivity index (χ3n) is 3.46. The third kappa shape index (κ3) is 4.07. The van der Waals surface area contributed by atoms with E-state index >= 15 is 0 Å². The van der Waals surface area contributed by atoms with Gasteiger partial charge < -0.3 is 10.1 Å². The van der Waals surface area contributed by atoms with Gasteiger partial charge in [-0.1, -0.05) is 11.8 Å². The summed E-state index contributed by atoms with van der Waals surface area (Å²) in [7, 11) is 1.30. The molecule has 0 amide bonds. The van der Waals surface area contributed by atoms with Crippen LogP contribution in [0.2, 0.25) is 0 Å². The molecule has 0 aliphatic rings. The smallest absolute Gasteiger partial charge is 0.316 e. The van der Waals surface area contributed by atoms with Crippen molar-refractivity contribution in [2.75, 3.05) is 18.2 Å². The quantitative estimate of drug-likeness (QED) is 0.418. The molecule has 0 saturated carbocycles. The van der Waals surface area contributed by atoms with Crippen LogP contribution in [-0.4, -0.2) is 28.8 Å². The molecule has 8 heteroatoms. The van der Waals surface area contributed by atoms with Crippen molar-refractivity contribution in [1.82, 2.24) is 9.97 Å². The summed E-state index contributed by atoms with van der Waals surface area (Å²) in [5.74, 6) is -0.288. The zero-order chi connectivity index (χ0) is 18.5. The van der Waals surface area contributed by atoms with Crippen molar-refractivity contribution in [3.05, 3.63) is 53.8 Å². The number of carbonyl (C=O) groups excluding carboxylic acids is 1. The number of ether oxygens (including phenoxy) is 1. The lowest BCUT2D eigenvalue weighted by molar-refractivity contribution is -0.137. The molecule has 0 fully saturated rings. The van der Waals surface area contributed by atoms with E-state index in [4.69, 9.17) is 5.26 Å². The van der Waals surface area contributed by atoms with Gasteiger partial charge in [0.15, 0.2) is 5.16 Å². The van der Waals surface area contributed by atoms with Crippen molar-refractivity contribution >= 4 is 40.1 Å². The number of anilines is 2. The van der Waals surface area contributed by atoms with Gasteiger partial charge in [-0.25, -0.2) is 14.4 Å². The number of halogens is 1. The van der Waals surface area contributed by atoms with E-state index in [1.165, 1.54) is 19.2 Å². The van der Waals surface area contributed by atoms with Crippen LogP contribution >= 0.6 is 11.8 Å². The molecule has 0 radical (unpaired) electrons. The summed E-state index contributed by atoms with van der Waals surface area (Å²) in [4.78, 5) is 20.1. The fourth-order valence-electron chi connectivity index (χ4n) is 2.19. The highest BCUT2D eigenvalue weighted by Gasteiger charge is 2.11. The van der Waals surface area contributed by atoms with Crippen molar-refractivity contribution in [2.24, 2.45) is 0 Å². The average Bonchev–Trinajstić information content (AvgIpc) is 2.66. The molecular weight excluding hydrogens is 355 g/mol. The summed E-state index contributed by atoms with van der Waals surface area (Å²) in [6.45, 7) is 0. The number of nitrogens with one attached hydrogen (secondary N) is 1. The molecule has 0 saturated heterocycles. The predicted molar refractivity (Wildman–Crippen MR) is 96.7 cm³/mol. The van der Waals surface area contributed by atoms with Gasteiger partial charge in [0.25, 0.3) is 0 Å². The number of aromatic nitrogens is 2. The van der Waals surface area contributed by atoms with Crippen molar-refractivity contribution in [3.63, 3.8) is 0 Å². The molecule has 3 aromatic rings. The average molecular weight is 368 g/mol. The van der Waals surface area contributed by atoms with Crippen LogP contribution in [0.1, 0.15) is 5.56 Å². The molecule has 26 heavy (non-hydrogen) atoms. The number of nitriles is 1. The van der Waals surface area contributed by atoms with Gasteiger partial charge in [-0.2, -0.15) is 5.26 Å². The zero-order valence-corrected chi connectivity index (χ0v) is 14.5. The summed E-state index contributed by atoms with van der Waals surface area (Å²) in [6, 6.07) is 13.1. The van der Waals surface area contributed by atoms with Crippen molar-refractivity contribution in [2.45, 2.75) is 5.16 Å². The molecule has 0 atom stereocenters. The zero-order valence-electron chi connectivity index (χ0n) is 13.7. The molecule has 1 N–H and O–H groups in total. The maximum atomic E-state index is 13.6. The van der Waals surface area contributed by atoms with Crippen molar-refractivity contribution < 1.29 is 13.9 Å². The maximum Gasteiger partial charge on any atom is 0.316 e. The van der Waals surface area contributed by atoms with Crippen LogP contribution in [0.25, 0.3) is 10.9 Å². The molecule has 0 unspecified atom stereocenters. The van der Waals surface area contributed by atoms with Gasteiger partial charge in [-0.05, 0) is 36.4 Å². The lowest BCUT2D eigenvalue weighted by Gasteiger charge is -2.11. The second-order valence-electron chi connectivity index (χ2n) is 5.20. The lowest BCUT2D eigenvalue weighted by atomic mass is 10.2. The number of nitrogens with zero attached hydrogens (tertiary/aromatic N) is 3. The highest BCUT2D eigenvalue weighted by atomic mass is 32.2. The van der Waals surface area contributed by atoms with Gasteiger partial charge in [-0.3, -0.25) is 4.79 Å². The Balaban J connectivity index is 1.97. The number of methoxy groups -OCH3 is 1. The number of esters is 1. The van der Waals surface area contributed by atoms with Gasteiger partial charge in [-0.15, -0.1) is 0 Å². The Bertz CT molecular complexity index is 1000. The Kier molecular flexibility index (Phi) is 5.29.